The molecule has 176 valence electrons. The Bertz CT molecular complexity index is 1340. The van der Waals surface area contributed by atoms with E-state index >= 15 is 0 Å². The van der Waals surface area contributed by atoms with Gasteiger partial charge in [-0.1, -0.05) is 71.9 Å². The molecule has 0 aromatic heterocycles. The molecule has 1 saturated heterocycles. The Morgan fingerprint density at radius 2 is 1.94 bits per heavy atom. The molecule has 0 N–H and O–H groups in total. The summed E-state index contributed by atoms with van der Waals surface area (Å²) in [5.74, 6) is 1.08. The van der Waals surface area contributed by atoms with Crippen molar-refractivity contribution in [2.24, 2.45) is 0 Å². The number of halogens is 1. The van der Waals surface area contributed by atoms with Gasteiger partial charge in [-0.15, -0.1) is 0 Å². The molecule has 0 saturated carbocycles. The fourth-order valence-corrected chi connectivity index (χ4v) is 5.69. The van der Waals surface area contributed by atoms with Gasteiger partial charge in [0.25, 0.3) is 0 Å². The molecule has 7 heteroatoms. The second-order valence-corrected chi connectivity index (χ2v) is 9.98. The number of anilines is 1. The third-order valence-electron chi connectivity index (χ3n) is 6.32. The van der Waals surface area contributed by atoms with Gasteiger partial charge in [0.2, 0.25) is 5.91 Å². The van der Waals surface area contributed by atoms with E-state index in [1.165, 1.54) is 11.8 Å². The third kappa shape index (κ3) is 4.88. The summed E-state index contributed by atoms with van der Waals surface area (Å²) in [7, 11) is 0. The molecule has 3 aromatic rings. The zero-order valence-corrected chi connectivity index (χ0v) is 20.9. The average Bonchev–Trinajstić information content (AvgIpc) is 2.89. The number of allylic oxidation sites excluding steroid dienone is 1. The number of hydrogen-bond donors (Lipinski definition) is 0. The van der Waals surface area contributed by atoms with Crippen LogP contribution in [0, 0.1) is 18.3 Å². The number of carbonyl (C=O) groups excluding carboxylic acids is 1. The molecule has 2 aliphatic heterocycles. The molecule has 5 nitrogen and oxygen atoms in total. The van der Waals surface area contributed by atoms with E-state index in [0.29, 0.717) is 29.7 Å². The van der Waals surface area contributed by atoms with E-state index in [1.54, 1.807) is 4.90 Å². The maximum absolute atomic E-state index is 13.3. The lowest BCUT2D eigenvalue weighted by Crippen LogP contribution is -2.47. The lowest BCUT2D eigenvalue weighted by atomic mass is 9.86. The number of hydrogen-bond acceptors (Lipinski definition) is 5. The molecular formula is C28H24ClN3O2S. The van der Waals surface area contributed by atoms with Crippen molar-refractivity contribution in [2.75, 3.05) is 17.4 Å². The van der Waals surface area contributed by atoms with Crippen LogP contribution in [-0.2, 0) is 11.4 Å². The summed E-state index contributed by atoms with van der Waals surface area (Å²) in [4.78, 5) is 17.1. The predicted molar refractivity (Wildman–Crippen MR) is 140 cm³/mol. The number of thioether (sulfide) groups is 1. The van der Waals surface area contributed by atoms with Gasteiger partial charge in [0.15, 0.2) is 0 Å². The van der Waals surface area contributed by atoms with E-state index in [2.05, 4.69) is 11.0 Å². The van der Waals surface area contributed by atoms with Crippen LogP contribution in [-0.4, -0.2) is 23.4 Å². The summed E-state index contributed by atoms with van der Waals surface area (Å²) in [5, 5.41) is 11.5. The molecule has 0 bridgehead atoms. The van der Waals surface area contributed by atoms with Crippen molar-refractivity contribution >= 4 is 35.0 Å². The van der Waals surface area contributed by atoms with Gasteiger partial charge in [-0.25, -0.2) is 0 Å². The van der Waals surface area contributed by atoms with Crippen LogP contribution in [0.15, 0.2) is 83.4 Å². The first-order chi connectivity index (χ1) is 17.0. The summed E-state index contributed by atoms with van der Waals surface area (Å²) in [6.07, 6.45) is 0.248. The van der Waals surface area contributed by atoms with Gasteiger partial charge < -0.3 is 9.64 Å². The molecule has 0 aliphatic carbocycles. The fourth-order valence-electron chi connectivity index (χ4n) is 4.35. The maximum Gasteiger partial charge on any atom is 0.229 e. The minimum Gasteiger partial charge on any atom is -0.489 e. The van der Waals surface area contributed by atoms with Crippen LogP contribution in [0.4, 0.5) is 5.69 Å². The van der Waals surface area contributed by atoms with E-state index in [9.17, 15) is 10.1 Å². The standard InChI is InChI=1S/C28H24ClN3O2S/c1-19-10-11-22(13-26(19)29)31-17-32-27(33)14-24(25(15-30)28(32)35-18-31)21-8-5-9-23(12-21)34-16-20-6-3-2-4-7-20/h2-13,24H,14,16-18H2,1H3/t24-/m1/s1. The SMILES string of the molecule is Cc1ccc(N2CSC3=C(C#N)[C@@H](c4cccc(OCc5ccccc5)c4)CC(=O)N3C2)cc1Cl. The lowest BCUT2D eigenvalue weighted by molar-refractivity contribution is -0.129. The summed E-state index contributed by atoms with van der Waals surface area (Å²) < 4.78 is 5.99. The molecule has 0 spiro atoms. The van der Waals surface area contributed by atoms with Gasteiger partial charge in [0.1, 0.15) is 12.4 Å². The largest absolute Gasteiger partial charge is 0.489 e. The van der Waals surface area contributed by atoms with Crippen LogP contribution in [0.1, 0.15) is 29.0 Å². The Labute approximate surface area is 214 Å². The Morgan fingerprint density at radius 1 is 1.11 bits per heavy atom. The minimum absolute atomic E-state index is 0.00927. The number of fused-ring (bicyclic) bond motifs is 1. The number of carbonyl (C=O) groups is 1. The summed E-state index contributed by atoms with van der Waals surface area (Å²) in [6, 6.07) is 26.0. The van der Waals surface area contributed by atoms with E-state index in [4.69, 9.17) is 16.3 Å². The van der Waals surface area contributed by atoms with Gasteiger partial charge in [-0.05, 0) is 47.9 Å². The number of rotatable bonds is 5. The Morgan fingerprint density at radius 3 is 2.71 bits per heavy atom. The molecule has 1 fully saturated rings. The van der Waals surface area contributed by atoms with Crippen molar-refractivity contribution in [3.8, 4) is 11.8 Å². The van der Waals surface area contributed by atoms with Crippen molar-refractivity contribution in [3.63, 3.8) is 0 Å². The first kappa shape index (κ1) is 23.3. The van der Waals surface area contributed by atoms with E-state index in [1.807, 2.05) is 79.7 Å². The van der Waals surface area contributed by atoms with Crippen molar-refractivity contribution in [1.29, 1.82) is 5.26 Å². The third-order valence-corrected chi connectivity index (χ3v) is 7.88. The van der Waals surface area contributed by atoms with Crippen LogP contribution in [0.5, 0.6) is 5.75 Å². The number of nitrogens with zero attached hydrogens (tertiary/aromatic N) is 3. The predicted octanol–water partition coefficient (Wildman–Crippen LogP) is 6.45. The molecule has 0 unspecified atom stereocenters. The van der Waals surface area contributed by atoms with Gasteiger partial charge in [0.05, 0.1) is 29.2 Å². The zero-order chi connectivity index (χ0) is 24.4. The number of aryl methyl sites for hydroxylation is 1. The monoisotopic (exact) mass is 501 g/mol. The molecule has 5 rings (SSSR count). The number of ether oxygens (including phenoxy) is 1. The van der Waals surface area contributed by atoms with Gasteiger partial charge in [-0.3, -0.25) is 9.69 Å². The van der Waals surface area contributed by atoms with Crippen LogP contribution in [0.25, 0.3) is 0 Å². The normalized spacial score (nSPS) is 17.7. The Balaban J connectivity index is 1.38. The fraction of sp³-hybridized carbons (Fsp3) is 0.214. The minimum atomic E-state index is -0.285. The summed E-state index contributed by atoms with van der Waals surface area (Å²) in [5.41, 5.74) is 4.61. The van der Waals surface area contributed by atoms with E-state index in [-0.39, 0.29) is 18.2 Å². The molecule has 3 aromatic carbocycles. The molecule has 1 atom stereocenters. The summed E-state index contributed by atoms with van der Waals surface area (Å²) >= 11 is 7.85. The Hall–Kier alpha value is -3.40. The highest BCUT2D eigenvalue weighted by Gasteiger charge is 2.38. The van der Waals surface area contributed by atoms with Gasteiger partial charge in [0, 0.05) is 23.0 Å². The number of nitriles is 1. The first-order valence-electron chi connectivity index (χ1n) is 11.4. The second kappa shape index (κ2) is 10.1. The number of amides is 1. The quantitative estimate of drug-likeness (QED) is 0.402. The first-order valence-corrected chi connectivity index (χ1v) is 12.7. The van der Waals surface area contributed by atoms with Gasteiger partial charge in [-0.2, -0.15) is 5.26 Å². The van der Waals surface area contributed by atoms with E-state index < -0.39 is 0 Å². The average molecular weight is 502 g/mol. The maximum atomic E-state index is 13.3. The van der Waals surface area contributed by atoms with Crippen molar-refractivity contribution < 1.29 is 9.53 Å². The van der Waals surface area contributed by atoms with Crippen molar-refractivity contribution in [2.45, 2.75) is 25.9 Å². The highest BCUT2D eigenvalue weighted by Crippen LogP contribution is 2.44. The highest BCUT2D eigenvalue weighted by molar-refractivity contribution is 8.03. The van der Waals surface area contributed by atoms with Crippen LogP contribution < -0.4 is 9.64 Å². The molecule has 1 amide bonds. The zero-order valence-electron chi connectivity index (χ0n) is 19.3. The van der Waals surface area contributed by atoms with E-state index in [0.717, 1.165) is 33.2 Å². The number of benzene rings is 3. The van der Waals surface area contributed by atoms with Gasteiger partial charge >= 0.3 is 0 Å². The molecule has 35 heavy (non-hydrogen) atoms. The van der Waals surface area contributed by atoms with Crippen molar-refractivity contribution in [1.82, 2.24) is 4.90 Å². The topological polar surface area (TPSA) is 56.6 Å². The smallest absolute Gasteiger partial charge is 0.229 e. The molecule has 2 heterocycles. The van der Waals surface area contributed by atoms with Crippen LogP contribution in [0.2, 0.25) is 5.02 Å². The van der Waals surface area contributed by atoms with Crippen LogP contribution >= 0.6 is 23.4 Å². The van der Waals surface area contributed by atoms with Crippen molar-refractivity contribution in [3.05, 3.63) is 105 Å². The highest BCUT2D eigenvalue weighted by atomic mass is 35.5. The van der Waals surface area contributed by atoms with Crippen LogP contribution in [0.3, 0.4) is 0 Å². The Kier molecular flexibility index (Phi) is 6.72. The lowest BCUT2D eigenvalue weighted by Gasteiger charge is -2.42. The molecule has 2 aliphatic rings. The second-order valence-electron chi connectivity index (χ2n) is 8.64. The summed E-state index contributed by atoms with van der Waals surface area (Å²) in [6.45, 7) is 2.83. The molecule has 0 radical (unpaired) electrons. The molecular weight excluding hydrogens is 478 g/mol.